The van der Waals surface area contributed by atoms with Crippen LogP contribution in [0.1, 0.15) is 33.6 Å². The molecule has 0 aliphatic carbocycles. The van der Waals surface area contributed by atoms with Crippen LogP contribution >= 0.6 is 0 Å². The third kappa shape index (κ3) is 2.11. The normalized spacial score (nSPS) is 13.9. The number of rotatable bonds is 5. The molecule has 0 amide bonds. The quantitative estimate of drug-likeness (QED) is 0.494. The fourth-order valence-corrected chi connectivity index (χ4v) is 1.20. The lowest BCUT2D eigenvalue weighted by atomic mass is 9.81. The van der Waals surface area contributed by atoms with Crippen LogP contribution in [0, 0.1) is 16.7 Å². The molecule has 4 heteroatoms. The summed E-state index contributed by atoms with van der Waals surface area (Å²) in [5.41, 5.74) is -1.59. The van der Waals surface area contributed by atoms with Crippen LogP contribution < -0.4 is 0 Å². The summed E-state index contributed by atoms with van der Waals surface area (Å²) in [5, 5.41) is 8.90. The molecule has 1 atom stereocenters. The van der Waals surface area contributed by atoms with Gasteiger partial charge in [-0.3, -0.25) is 4.79 Å². The summed E-state index contributed by atoms with van der Waals surface area (Å²) in [7, 11) is 0. The molecule has 14 heavy (non-hydrogen) atoms. The van der Waals surface area contributed by atoms with Gasteiger partial charge in [0.2, 0.25) is 5.41 Å². The predicted octanol–water partition coefficient (Wildman–Crippen LogP) is 1.45. The summed E-state index contributed by atoms with van der Waals surface area (Å²) in [6.45, 7) is 5.09. The van der Waals surface area contributed by atoms with Crippen molar-refractivity contribution in [3.8, 4) is 6.07 Å². The van der Waals surface area contributed by atoms with Crippen LogP contribution in [0.3, 0.4) is 0 Å². The second-order valence-corrected chi connectivity index (χ2v) is 2.87. The van der Waals surface area contributed by atoms with Gasteiger partial charge < -0.3 is 4.74 Å². The van der Waals surface area contributed by atoms with Crippen molar-refractivity contribution in [1.29, 1.82) is 5.26 Å². The molecule has 0 N–H and O–H groups in total. The van der Waals surface area contributed by atoms with E-state index in [-0.39, 0.29) is 25.2 Å². The first-order valence-electron chi connectivity index (χ1n) is 4.70. The average Bonchev–Trinajstić information content (AvgIpc) is 2.20. The Bertz CT molecular complexity index is 267. The molecule has 0 saturated heterocycles. The molecule has 0 aromatic heterocycles. The van der Waals surface area contributed by atoms with E-state index in [1.54, 1.807) is 26.8 Å². The smallest absolute Gasteiger partial charge is 0.334 e. The summed E-state index contributed by atoms with van der Waals surface area (Å²) in [4.78, 5) is 23.0. The predicted molar refractivity (Wildman–Crippen MR) is 50.3 cm³/mol. The third-order valence-electron chi connectivity index (χ3n) is 2.14. The van der Waals surface area contributed by atoms with Gasteiger partial charge in [-0.25, -0.2) is 4.79 Å². The molecule has 0 spiro atoms. The van der Waals surface area contributed by atoms with Gasteiger partial charge >= 0.3 is 5.97 Å². The van der Waals surface area contributed by atoms with E-state index in [9.17, 15) is 9.59 Å². The van der Waals surface area contributed by atoms with Crippen LogP contribution in [0.15, 0.2) is 0 Å². The number of Topliss-reactive ketones (excluding diaryl/α,β-unsaturated/α-hetero) is 1. The maximum absolute atomic E-state index is 11.5. The van der Waals surface area contributed by atoms with Crippen LogP contribution in [0.2, 0.25) is 0 Å². The zero-order valence-electron chi connectivity index (χ0n) is 8.79. The monoisotopic (exact) mass is 197 g/mol. The minimum atomic E-state index is -1.59. The Labute approximate surface area is 83.9 Å². The number of ether oxygens (including phenoxy) is 1. The van der Waals surface area contributed by atoms with Crippen LogP contribution in [0.25, 0.3) is 0 Å². The lowest BCUT2D eigenvalue weighted by Crippen LogP contribution is -2.38. The number of nitriles is 1. The van der Waals surface area contributed by atoms with Crippen molar-refractivity contribution in [2.75, 3.05) is 6.61 Å². The maximum atomic E-state index is 11.5. The molecule has 0 aliphatic rings. The SMILES string of the molecule is CCOC(=O)C(C#N)(CC)C(=O)CC. The Balaban J connectivity index is 4.99. The van der Waals surface area contributed by atoms with Crippen molar-refractivity contribution >= 4 is 11.8 Å². The minimum absolute atomic E-state index is 0.162. The molecule has 0 bridgehead atoms. The highest BCUT2D eigenvalue weighted by Crippen LogP contribution is 2.25. The van der Waals surface area contributed by atoms with E-state index < -0.39 is 11.4 Å². The molecular weight excluding hydrogens is 182 g/mol. The standard InChI is InChI=1S/C10H15NO3/c1-4-8(12)10(5-2,7-11)9(13)14-6-3/h4-6H2,1-3H3. The fraction of sp³-hybridized carbons (Fsp3) is 0.700. The highest BCUT2D eigenvalue weighted by atomic mass is 16.5. The zero-order chi connectivity index (χ0) is 11.2. The van der Waals surface area contributed by atoms with Crippen LogP contribution in [0.4, 0.5) is 0 Å². The number of hydrogen-bond donors (Lipinski definition) is 0. The molecule has 0 rings (SSSR count). The van der Waals surface area contributed by atoms with Gasteiger partial charge in [-0.1, -0.05) is 13.8 Å². The summed E-state index contributed by atoms with van der Waals surface area (Å²) in [5.74, 6) is -1.10. The van der Waals surface area contributed by atoms with Gasteiger partial charge in [0.1, 0.15) is 0 Å². The van der Waals surface area contributed by atoms with E-state index in [0.717, 1.165) is 0 Å². The van der Waals surface area contributed by atoms with Crippen LogP contribution in [-0.4, -0.2) is 18.4 Å². The zero-order valence-corrected chi connectivity index (χ0v) is 8.79. The summed E-state index contributed by atoms with van der Waals surface area (Å²) < 4.78 is 4.73. The van der Waals surface area contributed by atoms with Gasteiger partial charge in [-0.2, -0.15) is 5.26 Å². The Hall–Kier alpha value is -1.37. The summed E-state index contributed by atoms with van der Waals surface area (Å²) in [6.07, 6.45) is 0.329. The Morgan fingerprint density at radius 1 is 1.36 bits per heavy atom. The second-order valence-electron chi connectivity index (χ2n) is 2.87. The van der Waals surface area contributed by atoms with E-state index in [1.807, 2.05) is 0 Å². The topological polar surface area (TPSA) is 67.2 Å². The summed E-state index contributed by atoms with van der Waals surface area (Å²) >= 11 is 0. The molecule has 0 fully saturated rings. The first-order chi connectivity index (χ1) is 6.58. The molecule has 0 aromatic rings. The van der Waals surface area contributed by atoms with Crippen molar-refractivity contribution in [2.45, 2.75) is 33.6 Å². The molecule has 0 saturated carbocycles. The molecule has 0 radical (unpaired) electrons. The van der Waals surface area contributed by atoms with Crippen molar-refractivity contribution in [3.05, 3.63) is 0 Å². The summed E-state index contributed by atoms with van der Waals surface area (Å²) in [6, 6.07) is 1.78. The van der Waals surface area contributed by atoms with Crippen molar-refractivity contribution in [1.82, 2.24) is 0 Å². The Kier molecular flexibility index (Phi) is 4.85. The second kappa shape index (κ2) is 5.38. The van der Waals surface area contributed by atoms with E-state index in [1.165, 1.54) is 0 Å². The number of carbonyl (C=O) groups excluding carboxylic acids is 2. The minimum Gasteiger partial charge on any atom is -0.464 e. The number of esters is 1. The van der Waals surface area contributed by atoms with Gasteiger partial charge in [-0.05, 0) is 13.3 Å². The van der Waals surface area contributed by atoms with Crippen molar-refractivity contribution in [3.63, 3.8) is 0 Å². The molecular formula is C10H15NO3. The largest absolute Gasteiger partial charge is 0.464 e. The average molecular weight is 197 g/mol. The fourth-order valence-electron chi connectivity index (χ4n) is 1.20. The Morgan fingerprint density at radius 3 is 2.21 bits per heavy atom. The van der Waals surface area contributed by atoms with E-state index >= 15 is 0 Å². The lowest BCUT2D eigenvalue weighted by Gasteiger charge is -2.20. The van der Waals surface area contributed by atoms with Gasteiger partial charge in [-0.15, -0.1) is 0 Å². The van der Waals surface area contributed by atoms with Crippen molar-refractivity contribution < 1.29 is 14.3 Å². The van der Waals surface area contributed by atoms with Gasteiger partial charge in [0.05, 0.1) is 12.7 Å². The van der Waals surface area contributed by atoms with Crippen molar-refractivity contribution in [2.24, 2.45) is 5.41 Å². The number of carbonyl (C=O) groups is 2. The molecule has 1 unspecified atom stereocenters. The van der Waals surface area contributed by atoms with Crippen LogP contribution in [0.5, 0.6) is 0 Å². The van der Waals surface area contributed by atoms with Gasteiger partial charge in [0, 0.05) is 6.42 Å². The highest BCUT2D eigenvalue weighted by molar-refractivity contribution is 6.06. The molecule has 0 heterocycles. The molecule has 0 aliphatic heterocycles. The van der Waals surface area contributed by atoms with E-state index in [0.29, 0.717) is 0 Å². The first-order valence-corrected chi connectivity index (χ1v) is 4.70. The first kappa shape index (κ1) is 12.6. The highest BCUT2D eigenvalue weighted by Gasteiger charge is 2.44. The molecule has 4 nitrogen and oxygen atoms in total. The molecule has 0 aromatic carbocycles. The van der Waals surface area contributed by atoms with E-state index in [4.69, 9.17) is 10.00 Å². The molecule has 78 valence electrons. The number of nitrogens with zero attached hydrogens (tertiary/aromatic N) is 1. The third-order valence-corrected chi connectivity index (χ3v) is 2.14. The Morgan fingerprint density at radius 2 is 1.93 bits per heavy atom. The lowest BCUT2D eigenvalue weighted by molar-refractivity contribution is -0.156. The van der Waals surface area contributed by atoms with Gasteiger partial charge in [0.15, 0.2) is 5.78 Å². The van der Waals surface area contributed by atoms with E-state index in [2.05, 4.69) is 0 Å². The van der Waals surface area contributed by atoms with Gasteiger partial charge in [0.25, 0.3) is 0 Å². The van der Waals surface area contributed by atoms with Crippen LogP contribution in [-0.2, 0) is 14.3 Å². The maximum Gasteiger partial charge on any atom is 0.334 e. The number of ketones is 1. The number of hydrogen-bond acceptors (Lipinski definition) is 4.